The molecule has 3 rings (SSSR count). The van der Waals surface area contributed by atoms with Gasteiger partial charge in [-0.05, 0) is 55.5 Å². The lowest BCUT2D eigenvalue weighted by atomic mass is 10.0. The number of hydrogen-bond donors (Lipinski definition) is 1. The van der Waals surface area contributed by atoms with Gasteiger partial charge in [-0.25, -0.2) is 4.99 Å². The van der Waals surface area contributed by atoms with Crippen LogP contribution >= 0.6 is 0 Å². The molecule has 2 aromatic rings. The average Bonchev–Trinajstić information content (AvgIpc) is 2.71. The van der Waals surface area contributed by atoms with Gasteiger partial charge in [-0.15, -0.1) is 0 Å². The number of piperidine rings is 1. The molecule has 1 atom stereocenters. The number of benzene rings is 1. The molecule has 1 aliphatic heterocycles. The topological polar surface area (TPSA) is 49.8 Å². The summed E-state index contributed by atoms with van der Waals surface area (Å²) in [5.74, 6) is 2.60. The first kappa shape index (κ1) is 19.2. The lowest BCUT2D eigenvalue weighted by Crippen LogP contribution is -2.46. The predicted molar refractivity (Wildman–Crippen MR) is 110 cm³/mol. The Kier molecular flexibility index (Phi) is 7.08. The SMILES string of the molecule is CCNC(=NCc1cccc(OCc2ccccn2)c1)N1CCCC(C)C1. The van der Waals surface area contributed by atoms with E-state index < -0.39 is 0 Å². The van der Waals surface area contributed by atoms with Crippen molar-refractivity contribution in [3.05, 3.63) is 59.9 Å². The van der Waals surface area contributed by atoms with Crippen molar-refractivity contribution in [2.45, 2.75) is 39.8 Å². The summed E-state index contributed by atoms with van der Waals surface area (Å²) in [5.41, 5.74) is 2.07. The Labute approximate surface area is 162 Å². The Morgan fingerprint density at radius 1 is 1.30 bits per heavy atom. The third-order valence-electron chi connectivity index (χ3n) is 4.71. The Bertz CT molecular complexity index is 732. The van der Waals surface area contributed by atoms with Gasteiger partial charge in [-0.2, -0.15) is 0 Å². The zero-order valence-electron chi connectivity index (χ0n) is 16.4. The summed E-state index contributed by atoms with van der Waals surface area (Å²) < 4.78 is 5.88. The number of aliphatic imine (C=N–C) groups is 1. The number of ether oxygens (including phenoxy) is 1. The van der Waals surface area contributed by atoms with Crippen LogP contribution < -0.4 is 10.1 Å². The van der Waals surface area contributed by atoms with Crippen LogP contribution in [0, 0.1) is 5.92 Å². The molecule has 5 nitrogen and oxygen atoms in total. The van der Waals surface area contributed by atoms with E-state index in [1.165, 1.54) is 12.8 Å². The maximum Gasteiger partial charge on any atom is 0.194 e. The van der Waals surface area contributed by atoms with Crippen molar-refractivity contribution in [2.24, 2.45) is 10.9 Å². The van der Waals surface area contributed by atoms with Crippen molar-refractivity contribution in [3.63, 3.8) is 0 Å². The Morgan fingerprint density at radius 3 is 3.00 bits per heavy atom. The van der Waals surface area contributed by atoms with Gasteiger partial charge in [0.05, 0.1) is 12.2 Å². The normalized spacial score (nSPS) is 17.6. The minimum absolute atomic E-state index is 0.474. The van der Waals surface area contributed by atoms with Crippen molar-refractivity contribution in [1.82, 2.24) is 15.2 Å². The zero-order chi connectivity index (χ0) is 18.9. The van der Waals surface area contributed by atoms with E-state index in [-0.39, 0.29) is 0 Å². The quantitative estimate of drug-likeness (QED) is 0.623. The first-order valence-corrected chi connectivity index (χ1v) is 9.89. The number of guanidine groups is 1. The fourth-order valence-electron chi connectivity index (χ4n) is 3.35. The van der Waals surface area contributed by atoms with Crippen LogP contribution in [0.3, 0.4) is 0 Å². The van der Waals surface area contributed by atoms with E-state index in [0.29, 0.717) is 13.2 Å². The summed E-state index contributed by atoms with van der Waals surface area (Å²) in [4.78, 5) is 11.5. The second kappa shape index (κ2) is 9.95. The van der Waals surface area contributed by atoms with E-state index in [4.69, 9.17) is 9.73 Å². The highest BCUT2D eigenvalue weighted by atomic mass is 16.5. The van der Waals surface area contributed by atoms with E-state index in [0.717, 1.165) is 48.5 Å². The van der Waals surface area contributed by atoms with Crippen LogP contribution in [0.4, 0.5) is 0 Å². The molecule has 0 spiro atoms. The second-order valence-corrected chi connectivity index (χ2v) is 7.12. The van der Waals surface area contributed by atoms with Gasteiger partial charge in [0.2, 0.25) is 0 Å². The Morgan fingerprint density at radius 2 is 2.22 bits per heavy atom. The van der Waals surface area contributed by atoms with Gasteiger partial charge in [-0.3, -0.25) is 4.98 Å². The third-order valence-corrected chi connectivity index (χ3v) is 4.71. The fraction of sp³-hybridized carbons (Fsp3) is 0.455. The van der Waals surface area contributed by atoms with Crippen LogP contribution in [0.15, 0.2) is 53.7 Å². The second-order valence-electron chi connectivity index (χ2n) is 7.12. The van der Waals surface area contributed by atoms with E-state index in [1.54, 1.807) is 6.20 Å². The monoisotopic (exact) mass is 366 g/mol. The maximum absolute atomic E-state index is 5.88. The molecule has 1 unspecified atom stereocenters. The van der Waals surface area contributed by atoms with Crippen LogP contribution in [0.25, 0.3) is 0 Å². The summed E-state index contributed by atoms with van der Waals surface area (Å²) >= 11 is 0. The number of hydrogen-bond acceptors (Lipinski definition) is 3. The Hall–Kier alpha value is -2.56. The third kappa shape index (κ3) is 5.98. The molecule has 27 heavy (non-hydrogen) atoms. The number of likely N-dealkylation sites (tertiary alicyclic amines) is 1. The molecule has 144 valence electrons. The zero-order valence-corrected chi connectivity index (χ0v) is 16.4. The van der Waals surface area contributed by atoms with Crippen molar-refractivity contribution < 1.29 is 4.74 Å². The predicted octanol–water partition coefficient (Wildman–Crippen LogP) is 3.86. The first-order chi connectivity index (χ1) is 13.2. The number of aromatic nitrogens is 1. The molecule has 1 saturated heterocycles. The number of pyridine rings is 1. The molecule has 0 radical (unpaired) electrons. The molecule has 2 heterocycles. The highest BCUT2D eigenvalue weighted by Gasteiger charge is 2.19. The molecule has 0 amide bonds. The van der Waals surface area contributed by atoms with Crippen molar-refractivity contribution in [1.29, 1.82) is 0 Å². The van der Waals surface area contributed by atoms with Crippen LogP contribution in [0.5, 0.6) is 5.75 Å². The summed E-state index contributed by atoms with van der Waals surface area (Å²) in [6.07, 6.45) is 4.33. The van der Waals surface area contributed by atoms with Crippen molar-refractivity contribution >= 4 is 5.96 Å². The van der Waals surface area contributed by atoms with Crippen molar-refractivity contribution in [3.8, 4) is 5.75 Å². The molecule has 1 fully saturated rings. The van der Waals surface area contributed by atoms with Gasteiger partial charge < -0.3 is 15.0 Å². The summed E-state index contributed by atoms with van der Waals surface area (Å²) in [5, 5.41) is 3.44. The van der Waals surface area contributed by atoms with Gasteiger partial charge in [0, 0.05) is 25.8 Å². The molecule has 0 aliphatic carbocycles. The van der Waals surface area contributed by atoms with Gasteiger partial charge >= 0.3 is 0 Å². The molecule has 5 heteroatoms. The molecular weight excluding hydrogens is 336 g/mol. The van der Waals surface area contributed by atoms with Crippen LogP contribution in [-0.4, -0.2) is 35.5 Å². The van der Waals surface area contributed by atoms with Crippen LogP contribution in [-0.2, 0) is 13.2 Å². The van der Waals surface area contributed by atoms with E-state index in [9.17, 15) is 0 Å². The minimum Gasteiger partial charge on any atom is -0.487 e. The summed E-state index contributed by atoms with van der Waals surface area (Å²) in [7, 11) is 0. The average molecular weight is 367 g/mol. The lowest BCUT2D eigenvalue weighted by molar-refractivity contribution is 0.266. The molecule has 0 saturated carbocycles. The number of rotatable bonds is 6. The van der Waals surface area contributed by atoms with Gasteiger partial charge in [-0.1, -0.05) is 25.1 Å². The van der Waals surface area contributed by atoms with Gasteiger partial charge in [0.1, 0.15) is 12.4 Å². The lowest BCUT2D eigenvalue weighted by Gasteiger charge is -2.33. The molecule has 1 aliphatic rings. The Balaban J connectivity index is 1.62. The summed E-state index contributed by atoms with van der Waals surface area (Å²) in [6.45, 7) is 8.61. The smallest absolute Gasteiger partial charge is 0.194 e. The molecule has 0 bridgehead atoms. The number of nitrogens with zero attached hydrogens (tertiary/aromatic N) is 3. The number of nitrogens with one attached hydrogen (secondary N) is 1. The summed E-state index contributed by atoms with van der Waals surface area (Å²) in [6, 6.07) is 14.0. The maximum atomic E-state index is 5.88. The van der Waals surface area contributed by atoms with Crippen LogP contribution in [0.2, 0.25) is 0 Å². The van der Waals surface area contributed by atoms with Crippen molar-refractivity contribution in [2.75, 3.05) is 19.6 Å². The van der Waals surface area contributed by atoms with E-state index in [2.05, 4.69) is 41.2 Å². The molecule has 1 aromatic heterocycles. The van der Waals surface area contributed by atoms with E-state index in [1.807, 2.05) is 30.3 Å². The molecular formula is C22H30N4O. The fourth-order valence-corrected chi connectivity index (χ4v) is 3.35. The molecule has 1 aromatic carbocycles. The highest BCUT2D eigenvalue weighted by molar-refractivity contribution is 5.80. The standard InChI is InChI=1S/C22H30N4O/c1-3-23-22(26-13-7-8-18(2)16-26)25-15-19-9-6-11-21(14-19)27-17-20-10-4-5-12-24-20/h4-6,9-12,14,18H,3,7-8,13,15-17H2,1-2H3,(H,23,25). The minimum atomic E-state index is 0.474. The van der Waals surface area contributed by atoms with E-state index >= 15 is 0 Å². The van der Waals surface area contributed by atoms with Gasteiger partial charge in [0.25, 0.3) is 0 Å². The first-order valence-electron chi connectivity index (χ1n) is 9.89. The molecule has 1 N–H and O–H groups in total. The van der Waals surface area contributed by atoms with Crippen LogP contribution in [0.1, 0.15) is 37.9 Å². The highest BCUT2D eigenvalue weighted by Crippen LogP contribution is 2.17. The van der Waals surface area contributed by atoms with Gasteiger partial charge in [0.15, 0.2) is 5.96 Å². The largest absolute Gasteiger partial charge is 0.487 e.